The van der Waals surface area contributed by atoms with Crippen LogP contribution in [0.5, 0.6) is 0 Å². The lowest BCUT2D eigenvalue weighted by Gasteiger charge is -1.98. The second kappa shape index (κ2) is 3.97. The molecular weight excluding hydrogens is 278 g/mol. The molecule has 2 N–H and O–H groups in total. The molecule has 0 unspecified atom stereocenters. The van der Waals surface area contributed by atoms with Crippen molar-refractivity contribution in [3.05, 3.63) is 41.3 Å². The maximum Gasteiger partial charge on any atom is 0.196 e. The Morgan fingerprint density at radius 2 is 2.16 bits per heavy atom. The van der Waals surface area contributed by atoms with Gasteiger partial charge in [0, 0.05) is 5.38 Å². The van der Waals surface area contributed by atoms with E-state index in [1.54, 1.807) is 28.9 Å². The molecule has 0 saturated heterocycles. The molecule has 6 heteroatoms. The van der Waals surface area contributed by atoms with E-state index < -0.39 is 0 Å². The second-order valence-electron chi connectivity index (χ2n) is 4.04. The van der Waals surface area contributed by atoms with Crippen molar-refractivity contribution in [3.8, 4) is 22.0 Å². The Balaban J connectivity index is 1.99. The zero-order valence-electron chi connectivity index (χ0n) is 9.74. The van der Waals surface area contributed by atoms with Crippen LogP contribution in [0, 0.1) is 0 Å². The van der Waals surface area contributed by atoms with E-state index in [0.717, 1.165) is 10.7 Å². The lowest BCUT2D eigenvalue weighted by molar-refractivity contribution is 0.581. The first kappa shape index (κ1) is 10.8. The van der Waals surface area contributed by atoms with Gasteiger partial charge in [0.2, 0.25) is 0 Å². The minimum Gasteiger partial charge on any atom is -0.463 e. The molecule has 0 aliphatic heterocycles. The summed E-state index contributed by atoms with van der Waals surface area (Å²) in [7, 11) is 0. The monoisotopic (exact) mass is 287 g/mol. The first-order valence-electron chi connectivity index (χ1n) is 5.68. The quantitative estimate of drug-likeness (QED) is 0.607. The van der Waals surface area contributed by atoms with Crippen molar-refractivity contribution in [1.29, 1.82) is 0 Å². The molecule has 0 aliphatic rings. The van der Waals surface area contributed by atoms with Crippen LogP contribution in [-0.2, 0) is 0 Å². The van der Waals surface area contributed by atoms with E-state index in [-0.39, 0.29) is 0 Å². The highest BCUT2D eigenvalue weighted by molar-refractivity contribution is 7.17. The van der Waals surface area contributed by atoms with Crippen LogP contribution in [0.4, 0.5) is 5.82 Å². The maximum absolute atomic E-state index is 6.23. The van der Waals surface area contributed by atoms with Crippen LogP contribution < -0.4 is 5.73 Å². The first-order chi connectivity index (χ1) is 9.34. The van der Waals surface area contributed by atoms with Gasteiger partial charge in [-0.1, -0.05) is 6.07 Å². The Kier molecular flexibility index (Phi) is 2.27. The number of furan rings is 1. The molecule has 0 atom stereocenters. The highest BCUT2D eigenvalue weighted by Crippen LogP contribution is 2.35. The number of anilines is 1. The average Bonchev–Trinajstić information content (AvgIpc) is 3.15. The predicted octanol–water partition coefficient (Wildman–Crippen LogP) is 3.97. The van der Waals surface area contributed by atoms with Gasteiger partial charge in [0.25, 0.3) is 0 Å². The molecule has 4 aromatic heterocycles. The van der Waals surface area contributed by atoms with Gasteiger partial charge in [0.05, 0.1) is 16.8 Å². The van der Waals surface area contributed by atoms with Crippen molar-refractivity contribution in [1.82, 2.24) is 9.38 Å². The van der Waals surface area contributed by atoms with Crippen LogP contribution >= 0.6 is 22.7 Å². The number of imidazole rings is 1. The van der Waals surface area contributed by atoms with Crippen LogP contribution in [0.15, 0.2) is 45.7 Å². The summed E-state index contributed by atoms with van der Waals surface area (Å²) in [5, 5.41) is 4.13. The summed E-state index contributed by atoms with van der Waals surface area (Å²) in [6.45, 7) is 0. The van der Waals surface area contributed by atoms with Gasteiger partial charge in [0.15, 0.2) is 10.7 Å². The van der Waals surface area contributed by atoms with Gasteiger partial charge >= 0.3 is 0 Å². The number of thiazole rings is 1. The van der Waals surface area contributed by atoms with Gasteiger partial charge in [0.1, 0.15) is 11.5 Å². The molecule has 0 fully saturated rings. The van der Waals surface area contributed by atoms with Crippen molar-refractivity contribution in [2.45, 2.75) is 0 Å². The van der Waals surface area contributed by atoms with Crippen molar-refractivity contribution < 1.29 is 4.42 Å². The Morgan fingerprint density at radius 1 is 1.21 bits per heavy atom. The lowest BCUT2D eigenvalue weighted by atomic mass is 10.3. The number of hydrogen-bond donors (Lipinski definition) is 1. The molecule has 0 aliphatic carbocycles. The molecule has 0 aromatic carbocycles. The van der Waals surface area contributed by atoms with Gasteiger partial charge in [-0.05, 0) is 23.6 Å². The molecule has 0 amide bonds. The number of thiophene rings is 1. The minimum atomic E-state index is 0.620. The molecule has 4 aromatic rings. The van der Waals surface area contributed by atoms with Gasteiger partial charge in [-0.2, -0.15) is 0 Å². The maximum atomic E-state index is 6.23. The van der Waals surface area contributed by atoms with Crippen LogP contribution in [0.3, 0.4) is 0 Å². The number of nitrogens with zero attached hydrogens (tertiary/aromatic N) is 2. The van der Waals surface area contributed by atoms with E-state index in [1.807, 2.05) is 22.6 Å². The van der Waals surface area contributed by atoms with Crippen LogP contribution in [-0.4, -0.2) is 9.38 Å². The van der Waals surface area contributed by atoms with Gasteiger partial charge in [-0.25, -0.2) is 4.98 Å². The van der Waals surface area contributed by atoms with Gasteiger partial charge in [-0.3, -0.25) is 4.40 Å². The fourth-order valence-electron chi connectivity index (χ4n) is 2.07. The summed E-state index contributed by atoms with van der Waals surface area (Å²) < 4.78 is 7.36. The first-order valence-corrected chi connectivity index (χ1v) is 7.43. The number of aromatic nitrogens is 2. The standard InChI is InChI=1S/C13H9N3OS2/c14-12-11(9-3-1-5-17-9)15-13-16(12)8(7-19-13)10-4-2-6-18-10/h1-7H,14H2. The predicted molar refractivity (Wildman–Crippen MR) is 78.5 cm³/mol. The number of fused-ring (bicyclic) bond motifs is 1. The average molecular weight is 287 g/mol. The third kappa shape index (κ3) is 1.54. The lowest BCUT2D eigenvalue weighted by Crippen LogP contribution is -1.94. The highest BCUT2D eigenvalue weighted by Gasteiger charge is 2.18. The second-order valence-corrected chi connectivity index (χ2v) is 5.82. The fourth-order valence-corrected chi connectivity index (χ4v) is 3.77. The molecule has 4 rings (SSSR count). The summed E-state index contributed by atoms with van der Waals surface area (Å²) in [4.78, 5) is 6.62. The molecule has 0 bridgehead atoms. The van der Waals surface area contributed by atoms with Crippen LogP contribution in [0.25, 0.3) is 27.0 Å². The topological polar surface area (TPSA) is 56.5 Å². The van der Waals surface area contributed by atoms with Crippen molar-refractivity contribution in [2.24, 2.45) is 0 Å². The Bertz CT molecular complexity index is 825. The largest absolute Gasteiger partial charge is 0.463 e. The Morgan fingerprint density at radius 3 is 2.89 bits per heavy atom. The third-order valence-corrected chi connectivity index (χ3v) is 4.65. The summed E-state index contributed by atoms with van der Waals surface area (Å²) in [6, 6.07) is 7.82. The van der Waals surface area contributed by atoms with Crippen molar-refractivity contribution in [3.63, 3.8) is 0 Å². The summed E-state index contributed by atoms with van der Waals surface area (Å²) in [6.07, 6.45) is 1.63. The molecule has 4 nitrogen and oxygen atoms in total. The van der Waals surface area contributed by atoms with E-state index in [4.69, 9.17) is 10.2 Å². The summed E-state index contributed by atoms with van der Waals surface area (Å²) >= 11 is 3.27. The zero-order valence-corrected chi connectivity index (χ0v) is 11.4. The number of hydrogen-bond acceptors (Lipinski definition) is 5. The highest BCUT2D eigenvalue weighted by atomic mass is 32.1. The number of rotatable bonds is 2. The number of nitrogen functional groups attached to an aromatic ring is 1. The Labute approximate surface area is 116 Å². The SMILES string of the molecule is Nc1c(-c2ccco2)nc2scc(-c3cccs3)n12. The number of nitrogens with two attached hydrogens (primary N) is 1. The molecular formula is C13H9N3OS2. The molecule has 0 spiro atoms. The van der Waals surface area contributed by atoms with E-state index in [9.17, 15) is 0 Å². The minimum absolute atomic E-state index is 0.620. The molecule has 94 valence electrons. The third-order valence-electron chi connectivity index (χ3n) is 2.93. The van der Waals surface area contributed by atoms with E-state index in [1.165, 1.54) is 4.88 Å². The van der Waals surface area contributed by atoms with Crippen LogP contribution in [0.2, 0.25) is 0 Å². The van der Waals surface area contributed by atoms with Gasteiger partial charge < -0.3 is 10.2 Å². The summed E-state index contributed by atoms with van der Waals surface area (Å²) in [5.41, 5.74) is 8.02. The zero-order chi connectivity index (χ0) is 12.8. The van der Waals surface area contributed by atoms with Crippen molar-refractivity contribution in [2.75, 3.05) is 5.73 Å². The summed E-state index contributed by atoms with van der Waals surface area (Å²) in [5.74, 6) is 1.32. The van der Waals surface area contributed by atoms with E-state index in [2.05, 4.69) is 21.8 Å². The van der Waals surface area contributed by atoms with Gasteiger partial charge in [-0.15, -0.1) is 22.7 Å². The normalized spacial score (nSPS) is 11.4. The van der Waals surface area contributed by atoms with Crippen LogP contribution in [0.1, 0.15) is 0 Å². The Hall–Kier alpha value is -2.05. The molecule has 0 saturated carbocycles. The fraction of sp³-hybridized carbons (Fsp3) is 0. The smallest absolute Gasteiger partial charge is 0.196 e. The molecule has 4 heterocycles. The molecule has 0 radical (unpaired) electrons. The van der Waals surface area contributed by atoms with Crippen molar-refractivity contribution >= 4 is 33.5 Å². The van der Waals surface area contributed by atoms with E-state index >= 15 is 0 Å². The molecule has 19 heavy (non-hydrogen) atoms. The van der Waals surface area contributed by atoms with E-state index in [0.29, 0.717) is 17.3 Å².